The molecule has 0 spiro atoms. The number of likely N-dealkylation sites (N-methyl/N-ethyl adjacent to an activating group) is 1. The fourth-order valence-corrected chi connectivity index (χ4v) is 1.66. The Bertz CT molecular complexity index is 420. The minimum Gasteiger partial charge on any atom is -0.344 e. The summed E-state index contributed by atoms with van der Waals surface area (Å²) in [6.45, 7) is 4.24. The van der Waals surface area contributed by atoms with Gasteiger partial charge in [0.05, 0.1) is 0 Å². The van der Waals surface area contributed by atoms with Crippen molar-refractivity contribution in [2.24, 2.45) is 5.73 Å². The van der Waals surface area contributed by atoms with E-state index in [1.54, 1.807) is 24.1 Å². The van der Waals surface area contributed by atoms with Crippen LogP contribution in [0.2, 0.25) is 0 Å². The van der Waals surface area contributed by atoms with Crippen LogP contribution in [0, 0.1) is 5.82 Å². The highest BCUT2D eigenvalue weighted by Crippen LogP contribution is 2.14. The number of carbonyl (C=O) groups excluding carboxylic acids is 1. The number of rotatable bonds is 6. The third kappa shape index (κ3) is 3.96. The molecule has 0 saturated carbocycles. The van der Waals surface area contributed by atoms with Gasteiger partial charge in [0.25, 0.3) is 0 Å². The number of nitrogens with two attached hydrogens (primary N) is 1. The minimum atomic E-state index is -0.811. The van der Waals surface area contributed by atoms with Crippen LogP contribution in [0.4, 0.5) is 4.39 Å². The van der Waals surface area contributed by atoms with Gasteiger partial charge >= 0.3 is 0 Å². The molecule has 18 heavy (non-hydrogen) atoms. The molecule has 3 nitrogen and oxygen atoms in total. The molecule has 0 aromatic heterocycles. The first kappa shape index (κ1) is 14.4. The number of amides is 1. The standard InChI is InChI=1S/C14H19FN2O/c1-3-4-5-9-17(2)14(18)13(16)11-7-6-8-12(15)10-11/h3,6-8,10,13H,1,4-5,9,16H2,2H3/t13-/m0/s1. The Morgan fingerprint density at radius 3 is 2.94 bits per heavy atom. The highest BCUT2D eigenvalue weighted by atomic mass is 19.1. The summed E-state index contributed by atoms with van der Waals surface area (Å²) in [5.41, 5.74) is 6.33. The summed E-state index contributed by atoms with van der Waals surface area (Å²) in [5, 5.41) is 0. The smallest absolute Gasteiger partial charge is 0.243 e. The number of unbranched alkanes of at least 4 members (excludes halogenated alkanes) is 1. The lowest BCUT2D eigenvalue weighted by molar-refractivity contribution is -0.131. The van der Waals surface area contributed by atoms with E-state index in [2.05, 4.69) is 6.58 Å². The molecule has 1 atom stereocenters. The van der Waals surface area contributed by atoms with Crippen LogP contribution in [0.5, 0.6) is 0 Å². The number of nitrogens with zero attached hydrogens (tertiary/aromatic N) is 1. The Hall–Kier alpha value is -1.68. The summed E-state index contributed by atoms with van der Waals surface area (Å²) < 4.78 is 13.0. The highest BCUT2D eigenvalue weighted by molar-refractivity contribution is 5.82. The molecule has 98 valence electrons. The summed E-state index contributed by atoms with van der Waals surface area (Å²) in [7, 11) is 1.70. The molecule has 0 radical (unpaired) electrons. The van der Waals surface area contributed by atoms with Gasteiger partial charge < -0.3 is 10.6 Å². The van der Waals surface area contributed by atoms with E-state index in [1.165, 1.54) is 12.1 Å². The predicted octanol–water partition coefficient (Wildman–Crippen LogP) is 2.25. The Balaban J connectivity index is 2.62. The van der Waals surface area contributed by atoms with E-state index in [9.17, 15) is 9.18 Å². The maximum Gasteiger partial charge on any atom is 0.243 e. The molecule has 4 heteroatoms. The number of carbonyl (C=O) groups is 1. The fourth-order valence-electron chi connectivity index (χ4n) is 1.66. The molecule has 0 aliphatic carbocycles. The second kappa shape index (κ2) is 6.91. The number of hydrogen-bond donors (Lipinski definition) is 1. The van der Waals surface area contributed by atoms with Gasteiger partial charge in [0, 0.05) is 13.6 Å². The Kier molecular flexibility index (Phi) is 5.52. The molecular formula is C14H19FN2O. The van der Waals surface area contributed by atoms with Crippen molar-refractivity contribution in [3.63, 3.8) is 0 Å². The van der Waals surface area contributed by atoms with Crippen molar-refractivity contribution in [3.8, 4) is 0 Å². The lowest BCUT2D eigenvalue weighted by Gasteiger charge is -2.21. The molecule has 0 fully saturated rings. The molecular weight excluding hydrogens is 231 g/mol. The maximum atomic E-state index is 13.0. The van der Waals surface area contributed by atoms with Gasteiger partial charge in [-0.25, -0.2) is 4.39 Å². The third-order valence-electron chi connectivity index (χ3n) is 2.75. The number of hydrogen-bond acceptors (Lipinski definition) is 2. The summed E-state index contributed by atoms with van der Waals surface area (Å²) >= 11 is 0. The van der Waals surface area contributed by atoms with Crippen molar-refractivity contribution in [1.82, 2.24) is 4.90 Å². The zero-order valence-corrected chi connectivity index (χ0v) is 10.6. The first-order valence-corrected chi connectivity index (χ1v) is 5.93. The van der Waals surface area contributed by atoms with E-state index in [0.717, 1.165) is 12.8 Å². The van der Waals surface area contributed by atoms with Gasteiger partial charge in [-0.3, -0.25) is 4.79 Å². The first-order valence-electron chi connectivity index (χ1n) is 5.93. The maximum absolute atomic E-state index is 13.0. The Morgan fingerprint density at radius 1 is 1.61 bits per heavy atom. The van der Waals surface area contributed by atoms with Crippen LogP contribution in [0.3, 0.4) is 0 Å². The molecule has 0 heterocycles. The number of benzene rings is 1. The van der Waals surface area contributed by atoms with Crippen LogP contribution in [-0.2, 0) is 4.79 Å². The van der Waals surface area contributed by atoms with Gasteiger partial charge in [-0.05, 0) is 30.5 Å². The molecule has 0 saturated heterocycles. The molecule has 1 amide bonds. The van der Waals surface area contributed by atoms with Crippen molar-refractivity contribution in [3.05, 3.63) is 48.3 Å². The van der Waals surface area contributed by atoms with Crippen LogP contribution in [0.1, 0.15) is 24.4 Å². The largest absolute Gasteiger partial charge is 0.344 e. The van der Waals surface area contributed by atoms with Crippen molar-refractivity contribution in [1.29, 1.82) is 0 Å². The van der Waals surface area contributed by atoms with Gasteiger partial charge in [0.15, 0.2) is 0 Å². The van der Waals surface area contributed by atoms with Gasteiger partial charge in [-0.15, -0.1) is 6.58 Å². The molecule has 2 N–H and O–H groups in total. The lowest BCUT2D eigenvalue weighted by Crippen LogP contribution is -2.36. The molecule has 0 aliphatic heterocycles. The van der Waals surface area contributed by atoms with Gasteiger partial charge in [0.2, 0.25) is 5.91 Å². The van der Waals surface area contributed by atoms with Gasteiger partial charge in [-0.2, -0.15) is 0 Å². The molecule has 0 aliphatic rings. The Labute approximate surface area is 107 Å². The molecule has 1 aromatic rings. The zero-order chi connectivity index (χ0) is 13.5. The molecule has 0 bridgehead atoms. The molecule has 1 rings (SSSR count). The van der Waals surface area contributed by atoms with Crippen LogP contribution in [0.25, 0.3) is 0 Å². The second-order valence-corrected chi connectivity index (χ2v) is 4.22. The topological polar surface area (TPSA) is 46.3 Å². The van der Waals surface area contributed by atoms with Crippen LogP contribution in [0.15, 0.2) is 36.9 Å². The van der Waals surface area contributed by atoms with Gasteiger partial charge in [0.1, 0.15) is 11.9 Å². The van der Waals surface area contributed by atoms with Crippen molar-refractivity contribution < 1.29 is 9.18 Å². The SMILES string of the molecule is C=CCCCN(C)C(=O)[C@@H](N)c1cccc(F)c1. The number of allylic oxidation sites excluding steroid dienone is 1. The predicted molar refractivity (Wildman–Crippen MR) is 70.4 cm³/mol. The van der Waals surface area contributed by atoms with E-state index in [0.29, 0.717) is 12.1 Å². The summed E-state index contributed by atoms with van der Waals surface area (Å²) in [4.78, 5) is 13.6. The van der Waals surface area contributed by atoms with E-state index in [4.69, 9.17) is 5.73 Å². The van der Waals surface area contributed by atoms with Crippen LogP contribution < -0.4 is 5.73 Å². The molecule has 0 unspecified atom stereocenters. The number of halogens is 1. The van der Waals surface area contributed by atoms with Crippen molar-refractivity contribution in [2.45, 2.75) is 18.9 Å². The van der Waals surface area contributed by atoms with Gasteiger partial charge in [-0.1, -0.05) is 18.2 Å². The normalized spacial score (nSPS) is 11.9. The average molecular weight is 250 g/mol. The lowest BCUT2D eigenvalue weighted by atomic mass is 10.1. The summed E-state index contributed by atoms with van der Waals surface area (Å²) in [6.07, 6.45) is 3.51. The second-order valence-electron chi connectivity index (χ2n) is 4.22. The van der Waals surface area contributed by atoms with E-state index < -0.39 is 6.04 Å². The van der Waals surface area contributed by atoms with Crippen LogP contribution in [-0.4, -0.2) is 24.4 Å². The van der Waals surface area contributed by atoms with E-state index >= 15 is 0 Å². The van der Waals surface area contributed by atoms with Crippen LogP contribution >= 0.6 is 0 Å². The average Bonchev–Trinajstić information content (AvgIpc) is 2.37. The summed E-state index contributed by atoms with van der Waals surface area (Å²) in [6, 6.07) is 5.02. The third-order valence-corrected chi connectivity index (χ3v) is 2.75. The van der Waals surface area contributed by atoms with E-state index in [-0.39, 0.29) is 11.7 Å². The highest BCUT2D eigenvalue weighted by Gasteiger charge is 2.19. The monoisotopic (exact) mass is 250 g/mol. The summed E-state index contributed by atoms with van der Waals surface area (Å²) in [5.74, 6) is -0.588. The van der Waals surface area contributed by atoms with E-state index in [1.807, 2.05) is 6.08 Å². The minimum absolute atomic E-state index is 0.204. The quantitative estimate of drug-likeness (QED) is 0.621. The zero-order valence-electron chi connectivity index (χ0n) is 10.6. The fraction of sp³-hybridized carbons (Fsp3) is 0.357. The molecule has 1 aromatic carbocycles. The van der Waals surface area contributed by atoms with Crippen molar-refractivity contribution >= 4 is 5.91 Å². The first-order chi connectivity index (χ1) is 8.56. The Morgan fingerprint density at radius 2 is 2.33 bits per heavy atom. The van der Waals surface area contributed by atoms with Crippen molar-refractivity contribution in [2.75, 3.05) is 13.6 Å².